The van der Waals surface area contributed by atoms with E-state index in [-0.39, 0.29) is 30.5 Å². The van der Waals surface area contributed by atoms with Crippen LogP contribution in [0.2, 0.25) is 0 Å². The highest BCUT2D eigenvalue weighted by Gasteiger charge is 2.37. The number of hydrogen-bond acceptors (Lipinski definition) is 5. The van der Waals surface area contributed by atoms with Gasteiger partial charge in [-0.2, -0.15) is 23.4 Å². The van der Waals surface area contributed by atoms with Crippen LogP contribution in [0.1, 0.15) is 40.6 Å². The number of aromatic amines is 1. The van der Waals surface area contributed by atoms with Crippen LogP contribution in [0, 0.1) is 6.92 Å². The van der Waals surface area contributed by atoms with E-state index in [2.05, 4.69) is 20.3 Å². The summed E-state index contributed by atoms with van der Waals surface area (Å²) >= 11 is 0. The van der Waals surface area contributed by atoms with Crippen LogP contribution >= 0.6 is 0 Å². The lowest BCUT2D eigenvalue weighted by Crippen LogP contribution is -2.40. The number of aromatic nitrogens is 7. The molecule has 0 radical (unpaired) electrons. The Labute approximate surface area is 184 Å². The van der Waals surface area contributed by atoms with E-state index in [9.17, 15) is 22.8 Å². The molecule has 1 fully saturated rings. The van der Waals surface area contributed by atoms with Gasteiger partial charge in [-0.05, 0) is 38.0 Å². The number of fused-ring (bicyclic) bond motifs is 1. The summed E-state index contributed by atoms with van der Waals surface area (Å²) in [5, 5.41) is 12.4. The molecule has 10 nitrogen and oxygen atoms in total. The summed E-state index contributed by atoms with van der Waals surface area (Å²) in [6.07, 6.45) is 0.396. The normalized spacial score (nSPS) is 15.5. The Balaban J connectivity index is 1.34. The van der Waals surface area contributed by atoms with Gasteiger partial charge in [-0.1, -0.05) is 0 Å². The highest BCUT2D eigenvalue weighted by atomic mass is 19.4. The van der Waals surface area contributed by atoms with Crippen molar-refractivity contribution in [1.29, 1.82) is 0 Å². The van der Waals surface area contributed by atoms with E-state index in [4.69, 9.17) is 0 Å². The maximum Gasteiger partial charge on any atom is 0.433 e. The van der Waals surface area contributed by atoms with E-state index in [0.29, 0.717) is 29.6 Å². The van der Waals surface area contributed by atoms with Crippen molar-refractivity contribution in [2.24, 2.45) is 0 Å². The molecule has 4 aromatic heterocycles. The van der Waals surface area contributed by atoms with Crippen molar-refractivity contribution < 1.29 is 18.0 Å². The van der Waals surface area contributed by atoms with Gasteiger partial charge in [-0.3, -0.25) is 19.3 Å². The largest absolute Gasteiger partial charge is 0.433 e. The predicted molar refractivity (Wildman–Crippen MR) is 109 cm³/mol. The van der Waals surface area contributed by atoms with Gasteiger partial charge in [0.25, 0.3) is 11.5 Å². The van der Waals surface area contributed by atoms with Gasteiger partial charge in [0.1, 0.15) is 11.2 Å². The highest BCUT2D eigenvalue weighted by Crippen LogP contribution is 2.33. The minimum Gasteiger partial charge on any atom is -0.338 e. The first-order valence-electron chi connectivity index (χ1n) is 10.3. The number of likely N-dealkylation sites (tertiary alicyclic amines) is 1. The minimum absolute atomic E-state index is 0.164. The molecule has 0 aromatic carbocycles. The molecule has 13 heteroatoms. The van der Waals surface area contributed by atoms with E-state index in [1.165, 1.54) is 15.4 Å². The molecule has 0 atom stereocenters. The summed E-state index contributed by atoms with van der Waals surface area (Å²) in [4.78, 5) is 29.6. The second-order valence-electron chi connectivity index (χ2n) is 7.85. The zero-order valence-electron chi connectivity index (χ0n) is 17.5. The number of piperidine rings is 1. The van der Waals surface area contributed by atoms with Crippen molar-refractivity contribution in [1.82, 2.24) is 39.1 Å². The van der Waals surface area contributed by atoms with Crippen molar-refractivity contribution in [2.45, 2.75) is 32.0 Å². The Hall–Kier alpha value is -3.90. The number of nitrogens with zero attached hydrogens (tertiary/aromatic N) is 7. The van der Waals surface area contributed by atoms with E-state index >= 15 is 0 Å². The van der Waals surface area contributed by atoms with Crippen LogP contribution in [-0.2, 0) is 6.18 Å². The molecule has 0 bridgehead atoms. The average molecular weight is 460 g/mol. The van der Waals surface area contributed by atoms with Gasteiger partial charge in [-0.25, -0.2) is 9.20 Å². The number of carbonyl (C=O) groups excluding carboxylic acids is 1. The fraction of sp³-hybridized carbons (Fsp3) is 0.350. The Morgan fingerprint density at radius 2 is 1.94 bits per heavy atom. The number of amides is 1. The molecule has 0 unspecified atom stereocenters. The molecule has 33 heavy (non-hydrogen) atoms. The molecule has 1 aliphatic rings. The first-order valence-corrected chi connectivity index (χ1v) is 10.3. The number of alkyl halides is 3. The standard InChI is InChI=1S/C20H19F3N8O2/c1-12-14(11-25-30(12)19-26-17(32)15-3-2-8-29(15)27-19)18(33)28-9-5-13(6-10-28)31-16(4-7-24-31)20(21,22)23/h2-4,7-8,11,13H,5-6,9-10H2,1H3,(H,26,27,32). The topological polar surface area (TPSA) is 106 Å². The van der Waals surface area contributed by atoms with Crippen LogP contribution in [0.5, 0.6) is 0 Å². The van der Waals surface area contributed by atoms with Gasteiger partial charge in [-0.15, -0.1) is 5.10 Å². The van der Waals surface area contributed by atoms with Crippen LogP contribution in [0.4, 0.5) is 13.2 Å². The summed E-state index contributed by atoms with van der Waals surface area (Å²) in [5.41, 5.74) is 0.0767. The lowest BCUT2D eigenvalue weighted by atomic mass is 10.0. The van der Waals surface area contributed by atoms with Crippen molar-refractivity contribution in [3.05, 3.63) is 64.1 Å². The highest BCUT2D eigenvalue weighted by molar-refractivity contribution is 5.95. The van der Waals surface area contributed by atoms with E-state index in [0.717, 1.165) is 16.9 Å². The zero-order chi connectivity index (χ0) is 23.3. The monoisotopic (exact) mass is 460 g/mol. The average Bonchev–Trinajstić information content (AvgIpc) is 3.52. The van der Waals surface area contributed by atoms with Crippen molar-refractivity contribution in [3.63, 3.8) is 0 Å². The number of hydrogen-bond donors (Lipinski definition) is 1. The van der Waals surface area contributed by atoms with E-state index in [1.807, 2.05) is 0 Å². The number of carbonyl (C=O) groups is 1. The quantitative estimate of drug-likeness (QED) is 0.505. The summed E-state index contributed by atoms with van der Waals surface area (Å²) in [7, 11) is 0. The molecule has 4 aromatic rings. The molecular formula is C20H19F3N8O2. The van der Waals surface area contributed by atoms with Crippen molar-refractivity contribution in [3.8, 4) is 5.95 Å². The summed E-state index contributed by atoms with van der Waals surface area (Å²) in [6.45, 7) is 2.26. The first-order chi connectivity index (χ1) is 15.7. The van der Waals surface area contributed by atoms with E-state index in [1.54, 1.807) is 30.2 Å². The van der Waals surface area contributed by atoms with Crippen molar-refractivity contribution in [2.75, 3.05) is 13.1 Å². The maximum absolute atomic E-state index is 13.2. The molecule has 1 aliphatic heterocycles. The molecule has 0 saturated carbocycles. The van der Waals surface area contributed by atoms with Crippen molar-refractivity contribution >= 4 is 11.4 Å². The third kappa shape index (κ3) is 3.58. The molecule has 0 spiro atoms. The number of rotatable bonds is 3. The third-order valence-corrected chi connectivity index (χ3v) is 5.89. The summed E-state index contributed by atoms with van der Waals surface area (Å²) < 4.78 is 43.3. The Morgan fingerprint density at radius 3 is 2.67 bits per heavy atom. The van der Waals surface area contributed by atoms with Gasteiger partial charge < -0.3 is 4.90 Å². The maximum atomic E-state index is 13.2. The van der Waals surface area contributed by atoms with Gasteiger partial charge in [0.15, 0.2) is 0 Å². The van der Waals surface area contributed by atoms with Gasteiger partial charge in [0.05, 0.1) is 23.5 Å². The Bertz CT molecular complexity index is 1390. The van der Waals surface area contributed by atoms with Gasteiger partial charge in [0, 0.05) is 25.5 Å². The first kappa shape index (κ1) is 21.0. The second-order valence-corrected chi connectivity index (χ2v) is 7.85. The van der Waals surface area contributed by atoms with Crippen LogP contribution in [0.3, 0.4) is 0 Å². The van der Waals surface area contributed by atoms with E-state index < -0.39 is 17.9 Å². The third-order valence-electron chi connectivity index (χ3n) is 5.89. The fourth-order valence-corrected chi connectivity index (χ4v) is 4.17. The zero-order valence-corrected chi connectivity index (χ0v) is 17.5. The SMILES string of the molecule is Cc1c(C(=O)N2CCC(n3nccc3C(F)(F)F)CC2)cnn1-c1nn2cccc2c(=O)[nH]1. The number of halogens is 3. The molecule has 172 valence electrons. The molecule has 5 rings (SSSR count). The molecule has 1 N–H and O–H groups in total. The van der Waals surface area contributed by atoms with Gasteiger partial charge >= 0.3 is 6.18 Å². The predicted octanol–water partition coefficient (Wildman–Crippen LogP) is 2.21. The fourth-order valence-electron chi connectivity index (χ4n) is 4.17. The minimum atomic E-state index is -4.48. The van der Waals surface area contributed by atoms with Crippen LogP contribution < -0.4 is 5.56 Å². The van der Waals surface area contributed by atoms with Crippen LogP contribution in [0.25, 0.3) is 11.5 Å². The molecule has 1 saturated heterocycles. The lowest BCUT2D eigenvalue weighted by molar-refractivity contribution is -0.145. The molecule has 5 heterocycles. The number of H-pyrrole nitrogens is 1. The summed E-state index contributed by atoms with van der Waals surface area (Å²) in [6, 6.07) is 3.84. The Kier molecular flexibility index (Phi) is 4.83. The summed E-state index contributed by atoms with van der Waals surface area (Å²) in [5.74, 6) is -0.115. The van der Waals surface area contributed by atoms with Crippen LogP contribution in [-0.4, -0.2) is 58.1 Å². The lowest BCUT2D eigenvalue weighted by Gasteiger charge is -2.33. The number of nitrogens with one attached hydrogen (secondary N) is 1. The second kappa shape index (κ2) is 7.60. The molecule has 0 aliphatic carbocycles. The smallest absolute Gasteiger partial charge is 0.338 e. The molecule has 1 amide bonds. The van der Waals surface area contributed by atoms with Gasteiger partial charge in [0.2, 0.25) is 5.95 Å². The Morgan fingerprint density at radius 1 is 1.18 bits per heavy atom. The van der Waals surface area contributed by atoms with Crippen LogP contribution in [0.15, 0.2) is 41.6 Å². The molecular weight excluding hydrogens is 441 g/mol.